The van der Waals surface area contributed by atoms with E-state index in [-0.39, 0.29) is 12.1 Å². The third kappa shape index (κ3) is 3.32. The van der Waals surface area contributed by atoms with Crippen molar-refractivity contribution < 1.29 is 9.90 Å². The lowest BCUT2D eigenvalue weighted by atomic mass is 10.1. The summed E-state index contributed by atoms with van der Waals surface area (Å²) in [4.78, 5) is 14.3. The summed E-state index contributed by atoms with van der Waals surface area (Å²) in [5, 5.41) is 11.1. The Morgan fingerprint density at radius 3 is 2.75 bits per heavy atom. The second-order valence-electron chi connectivity index (χ2n) is 4.06. The summed E-state index contributed by atoms with van der Waals surface area (Å²) in [5.74, 6) is -0.733. The Hall–Kier alpha value is -0.870. The standard InChI is InChI=1S/C12H19NO2S/c1-4-11(12(14)15)13(3)9(2)8-10-6-5-7-16-10/h5-7,9,11H,4,8H2,1-3H3,(H,14,15). The number of carboxylic acids is 1. The number of hydrogen-bond acceptors (Lipinski definition) is 3. The molecule has 4 heteroatoms. The van der Waals surface area contributed by atoms with Crippen LogP contribution in [0.15, 0.2) is 17.5 Å². The normalized spacial score (nSPS) is 15.0. The van der Waals surface area contributed by atoms with Crippen LogP contribution in [0.2, 0.25) is 0 Å². The van der Waals surface area contributed by atoms with Crippen LogP contribution in [0, 0.1) is 0 Å². The number of rotatable bonds is 6. The van der Waals surface area contributed by atoms with E-state index in [2.05, 4.69) is 18.4 Å². The van der Waals surface area contributed by atoms with Crippen LogP contribution in [-0.2, 0) is 11.2 Å². The molecule has 0 amide bonds. The van der Waals surface area contributed by atoms with Gasteiger partial charge in [0.15, 0.2) is 0 Å². The van der Waals surface area contributed by atoms with Gasteiger partial charge in [0.05, 0.1) is 0 Å². The predicted molar refractivity (Wildman–Crippen MR) is 67.0 cm³/mol. The Morgan fingerprint density at radius 2 is 2.31 bits per heavy atom. The Kier molecular flexibility index (Phi) is 4.96. The Labute approximate surface area is 101 Å². The molecule has 0 radical (unpaired) electrons. The van der Waals surface area contributed by atoms with E-state index in [0.717, 1.165) is 6.42 Å². The van der Waals surface area contributed by atoms with E-state index in [4.69, 9.17) is 5.11 Å². The van der Waals surface area contributed by atoms with Crippen molar-refractivity contribution in [2.24, 2.45) is 0 Å². The van der Waals surface area contributed by atoms with Crippen LogP contribution in [0.4, 0.5) is 0 Å². The average Bonchev–Trinajstić information content (AvgIpc) is 2.70. The third-order valence-corrected chi connectivity index (χ3v) is 3.83. The number of carboxylic acid groups (broad SMARTS) is 1. The lowest BCUT2D eigenvalue weighted by Crippen LogP contribution is -2.44. The van der Waals surface area contributed by atoms with Gasteiger partial charge in [-0.05, 0) is 38.3 Å². The highest BCUT2D eigenvalue weighted by molar-refractivity contribution is 7.09. The van der Waals surface area contributed by atoms with E-state index in [1.54, 1.807) is 11.3 Å². The van der Waals surface area contributed by atoms with E-state index in [9.17, 15) is 4.79 Å². The first kappa shape index (κ1) is 13.2. The monoisotopic (exact) mass is 241 g/mol. The van der Waals surface area contributed by atoms with Crippen LogP contribution in [-0.4, -0.2) is 35.1 Å². The lowest BCUT2D eigenvalue weighted by Gasteiger charge is -2.29. The third-order valence-electron chi connectivity index (χ3n) is 2.94. The van der Waals surface area contributed by atoms with Crippen molar-refractivity contribution in [3.05, 3.63) is 22.4 Å². The second-order valence-corrected chi connectivity index (χ2v) is 5.09. The molecule has 1 aromatic heterocycles. The van der Waals surface area contributed by atoms with Crippen molar-refractivity contribution in [1.29, 1.82) is 0 Å². The molecule has 0 aliphatic carbocycles. The van der Waals surface area contributed by atoms with Gasteiger partial charge in [-0.25, -0.2) is 0 Å². The summed E-state index contributed by atoms with van der Waals surface area (Å²) in [6.07, 6.45) is 1.55. The lowest BCUT2D eigenvalue weighted by molar-refractivity contribution is -0.143. The Bertz CT molecular complexity index is 324. The largest absolute Gasteiger partial charge is 0.480 e. The van der Waals surface area contributed by atoms with Crippen molar-refractivity contribution in [2.75, 3.05) is 7.05 Å². The van der Waals surface area contributed by atoms with Crippen LogP contribution in [0.3, 0.4) is 0 Å². The van der Waals surface area contributed by atoms with E-state index < -0.39 is 5.97 Å². The van der Waals surface area contributed by atoms with Gasteiger partial charge < -0.3 is 5.11 Å². The molecule has 0 saturated heterocycles. The van der Waals surface area contributed by atoms with Gasteiger partial charge in [-0.15, -0.1) is 11.3 Å². The van der Waals surface area contributed by atoms with Crippen molar-refractivity contribution >= 4 is 17.3 Å². The minimum absolute atomic E-state index is 0.250. The first-order valence-corrected chi connectivity index (χ1v) is 6.41. The molecular formula is C12H19NO2S. The minimum Gasteiger partial charge on any atom is -0.480 e. The fourth-order valence-electron chi connectivity index (χ4n) is 1.81. The first-order valence-electron chi connectivity index (χ1n) is 5.53. The number of nitrogens with zero attached hydrogens (tertiary/aromatic N) is 1. The SMILES string of the molecule is CCC(C(=O)O)N(C)C(C)Cc1cccs1. The van der Waals surface area contributed by atoms with Crippen LogP contribution in [0.1, 0.15) is 25.1 Å². The number of likely N-dealkylation sites (N-methyl/N-ethyl adjacent to an activating group) is 1. The molecule has 1 heterocycles. The Morgan fingerprint density at radius 1 is 1.62 bits per heavy atom. The van der Waals surface area contributed by atoms with Gasteiger partial charge in [0.2, 0.25) is 0 Å². The summed E-state index contributed by atoms with van der Waals surface area (Å²) < 4.78 is 0. The first-order chi connectivity index (χ1) is 7.56. The van der Waals surface area contributed by atoms with Gasteiger partial charge in [0.25, 0.3) is 0 Å². The molecule has 1 rings (SSSR count). The zero-order chi connectivity index (χ0) is 12.1. The van der Waals surface area contributed by atoms with Crippen LogP contribution < -0.4 is 0 Å². The zero-order valence-corrected chi connectivity index (χ0v) is 10.8. The molecule has 0 saturated carbocycles. The summed E-state index contributed by atoms with van der Waals surface area (Å²) >= 11 is 1.72. The van der Waals surface area contributed by atoms with Crippen molar-refractivity contribution in [2.45, 2.75) is 38.8 Å². The fraction of sp³-hybridized carbons (Fsp3) is 0.583. The summed E-state index contributed by atoms with van der Waals surface area (Å²) in [6.45, 7) is 3.98. The molecule has 0 aromatic carbocycles. The van der Waals surface area contributed by atoms with Crippen molar-refractivity contribution in [3.63, 3.8) is 0 Å². The maximum Gasteiger partial charge on any atom is 0.320 e. The minimum atomic E-state index is -0.733. The van der Waals surface area contributed by atoms with E-state index >= 15 is 0 Å². The second kappa shape index (κ2) is 6.01. The molecule has 3 nitrogen and oxygen atoms in total. The van der Waals surface area contributed by atoms with Gasteiger partial charge in [0.1, 0.15) is 6.04 Å². The number of aliphatic carboxylic acids is 1. The van der Waals surface area contributed by atoms with Crippen molar-refractivity contribution in [3.8, 4) is 0 Å². The molecule has 0 aliphatic rings. The highest BCUT2D eigenvalue weighted by atomic mass is 32.1. The molecule has 2 atom stereocenters. The summed E-state index contributed by atoms with van der Waals surface area (Å²) in [5.41, 5.74) is 0. The van der Waals surface area contributed by atoms with E-state index in [1.807, 2.05) is 24.9 Å². The fourth-order valence-corrected chi connectivity index (χ4v) is 2.63. The van der Waals surface area contributed by atoms with E-state index in [0.29, 0.717) is 6.42 Å². The van der Waals surface area contributed by atoms with E-state index in [1.165, 1.54) is 4.88 Å². The predicted octanol–water partition coefficient (Wildman–Crippen LogP) is 2.47. The van der Waals surface area contributed by atoms with Gasteiger partial charge in [-0.1, -0.05) is 13.0 Å². The van der Waals surface area contributed by atoms with Crippen LogP contribution in [0.25, 0.3) is 0 Å². The summed E-state index contributed by atoms with van der Waals surface area (Å²) in [7, 11) is 1.89. The van der Waals surface area contributed by atoms with Gasteiger partial charge in [-0.2, -0.15) is 0 Å². The summed E-state index contributed by atoms with van der Waals surface area (Å²) in [6, 6.07) is 3.99. The highest BCUT2D eigenvalue weighted by Crippen LogP contribution is 2.15. The topological polar surface area (TPSA) is 40.5 Å². The van der Waals surface area contributed by atoms with Gasteiger partial charge in [0, 0.05) is 10.9 Å². The number of thiophene rings is 1. The number of hydrogen-bond donors (Lipinski definition) is 1. The number of carbonyl (C=O) groups is 1. The zero-order valence-electron chi connectivity index (χ0n) is 10.0. The molecule has 2 unspecified atom stereocenters. The maximum absolute atomic E-state index is 11.0. The molecule has 0 bridgehead atoms. The average molecular weight is 241 g/mol. The molecule has 0 fully saturated rings. The molecule has 0 spiro atoms. The molecule has 90 valence electrons. The maximum atomic E-state index is 11.0. The van der Waals surface area contributed by atoms with Crippen LogP contribution in [0.5, 0.6) is 0 Å². The molecule has 0 aliphatic heterocycles. The van der Waals surface area contributed by atoms with Gasteiger partial charge >= 0.3 is 5.97 Å². The van der Waals surface area contributed by atoms with Crippen molar-refractivity contribution in [1.82, 2.24) is 4.90 Å². The quantitative estimate of drug-likeness (QED) is 0.831. The van der Waals surface area contributed by atoms with Crippen LogP contribution >= 0.6 is 11.3 Å². The molecule has 16 heavy (non-hydrogen) atoms. The Balaban J connectivity index is 2.58. The molecule has 1 N–H and O–H groups in total. The molecule has 1 aromatic rings. The smallest absolute Gasteiger partial charge is 0.320 e. The van der Waals surface area contributed by atoms with Gasteiger partial charge in [-0.3, -0.25) is 9.69 Å². The highest BCUT2D eigenvalue weighted by Gasteiger charge is 2.24. The molecular weight excluding hydrogens is 222 g/mol.